The van der Waals surface area contributed by atoms with Crippen LogP contribution in [0.2, 0.25) is 0 Å². The molecule has 0 saturated carbocycles. The molecule has 6 heteroatoms. The molecule has 2 aromatic carbocycles. The van der Waals surface area contributed by atoms with Crippen LogP contribution in [-0.2, 0) is 16.6 Å². The maximum atomic E-state index is 12.5. The Labute approximate surface area is 143 Å². The van der Waals surface area contributed by atoms with Crippen molar-refractivity contribution < 1.29 is 17.9 Å². The van der Waals surface area contributed by atoms with Gasteiger partial charge in [0.1, 0.15) is 11.5 Å². The maximum absolute atomic E-state index is 12.5. The lowest BCUT2D eigenvalue weighted by molar-refractivity contribution is 0.384. The number of methoxy groups -OCH3 is 2. The van der Waals surface area contributed by atoms with Crippen LogP contribution < -0.4 is 14.2 Å². The lowest BCUT2D eigenvalue weighted by Crippen LogP contribution is -2.23. The van der Waals surface area contributed by atoms with Gasteiger partial charge in [0, 0.05) is 6.54 Å². The van der Waals surface area contributed by atoms with Crippen LogP contribution in [0.15, 0.2) is 47.4 Å². The van der Waals surface area contributed by atoms with Crippen LogP contribution in [0.4, 0.5) is 0 Å². The van der Waals surface area contributed by atoms with Crippen molar-refractivity contribution in [2.75, 3.05) is 14.2 Å². The molecule has 0 bridgehead atoms. The van der Waals surface area contributed by atoms with Gasteiger partial charge in [-0.3, -0.25) is 0 Å². The third-order valence-corrected chi connectivity index (χ3v) is 5.24. The molecule has 0 saturated heterocycles. The first kappa shape index (κ1) is 18.3. The lowest BCUT2D eigenvalue weighted by Gasteiger charge is -2.14. The summed E-state index contributed by atoms with van der Waals surface area (Å²) < 4.78 is 38.2. The highest BCUT2D eigenvalue weighted by atomic mass is 32.2. The number of benzene rings is 2. The Kier molecular flexibility index (Phi) is 5.85. The lowest BCUT2D eigenvalue weighted by atomic mass is 10.0. The van der Waals surface area contributed by atoms with Crippen molar-refractivity contribution in [3.63, 3.8) is 0 Å². The van der Waals surface area contributed by atoms with Crippen LogP contribution in [0.5, 0.6) is 11.5 Å². The second kappa shape index (κ2) is 7.68. The molecule has 0 aromatic heterocycles. The molecule has 2 aromatic rings. The van der Waals surface area contributed by atoms with Gasteiger partial charge < -0.3 is 9.47 Å². The van der Waals surface area contributed by atoms with Gasteiger partial charge in [0.25, 0.3) is 0 Å². The molecule has 0 heterocycles. The average molecular weight is 349 g/mol. The number of rotatable bonds is 7. The van der Waals surface area contributed by atoms with Crippen LogP contribution in [0, 0.1) is 0 Å². The number of sulfonamides is 1. The van der Waals surface area contributed by atoms with E-state index in [0.717, 1.165) is 5.56 Å². The van der Waals surface area contributed by atoms with E-state index >= 15 is 0 Å². The Morgan fingerprint density at radius 3 is 1.96 bits per heavy atom. The number of hydrogen-bond donors (Lipinski definition) is 1. The highest BCUT2D eigenvalue weighted by Crippen LogP contribution is 2.28. The van der Waals surface area contributed by atoms with Crippen molar-refractivity contribution in [1.29, 1.82) is 0 Å². The molecule has 0 amide bonds. The minimum absolute atomic E-state index is 0.0848. The third kappa shape index (κ3) is 4.07. The van der Waals surface area contributed by atoms with Crippen molar-refractivity contribution in [3.8, 4) is 11.5 Å². The van der Waals surface area contributed by atoms with E-state index in [4.69, 9.17) is 9.47 Å². The predicted molar refractivity (Wildman–Crippen MR) is 94.1 cm³/mol. The third-order valence-electron chi connectivity index (χ3n) is 3.83. The van der Waals surface area contributed by atoms with Gasteiger partial charge in [-0.2, -0.15) is 0 Å². The molecule has 5 nitrogen and oxygen atoms in total. The van der Waals surface area contributed by atoms with E-state index < -0.39 is 10.0 Å². The van der Waals surface area contributed by atoms with Crippen LogP contribution in [0.3, 0.4) is 0 Å². The summed E-state index contributed by atoms with van der Waals surface area (Å²) in [4.78, 5) is 0.237. The highest BCUT2D eigenvalue weighted by Gasteiger charge is 2.17. The van der Waals surface area contributed by atoms with E-state index in [9.17, 15) is 8.42 Å². The van der Waals surface area contributed by atoms with Gasteiger partial charge in [-0.25, -0.2) is 13.1 Å². The Hall–Kier alpha value is -2.05. The summed E-state index contributed by atoms with van der Waals surface area (Å²) in [6, 6.07) is 12.2. The maximum Gasteiger partial charge on any atom is 0.240 e. The monoisotopic (exact) mass is 349 g/mol. The summed E-state index contributed by atoms with van der Waals surface area (Å²) in [5.74, 6) is 1.51. The molecule has 2 rings (SSSR count). The zero-order chi connectivity index (χ0) is 17.7. The van der Waals surface area contributed by atoms with E-state index in [1.54, 1.807) is 30.3 Å². The first-order chi connectivity index (χ1) is 11.4. The van der Waals surface area contributed by atoms with Gasteiger partial charge in [-0.15, -0.1) is 0 Å². The van der Waals surface area contributed by atoms with E-state index in [1.165, 1.54) is 14.2 Å². The van der Waals surface area contributed by atoms with E-state index in [1.807, 2.05) is 12.1 Å². The Balaban J connectivity index is 2.22. The molecule has 0 spiro atoms. The number of nitrogens with one attached hydrogen (secondary N) is 1. The topological polar surface area (TPSA) is 64.6 Å². The van der Waals surface area contributed by atoms with Gasteiger partial charge in [0.2, 0.25) is 10.0 Å². The SMILES string of the molecule is COc1cccc(OC)c1CNS(=O)(=O)c1ccc(C(C)C)cc1. The summed E-state index contributed by atoms with van der Waals surface area (Å²) in [6.07, 6.45) is 0. The molecule has 0 aliphatic heterocycles. The fourth-order valence-corrected chi connectivity index (χ4v) is 3.38. The molecular weight excluding hydrogens is 326 g/mol. The Bertz CT molecular complexity index is 761. The summed E-state index contributed by atoms with van der Waals surface area (Å²) in [6.45, 7) is 4.22. The Morgan fingerprint density at radius 2 is 1.50 bits per heavy atom. The molecule has 0 radical (unpaired) electrons. The molecule has 130 valence electrons. The van der Waals surface area contributed by atoms with Gasteiger partial charge in [-0.1, -0.05) is 32.0 Å². The second-order valence-corrected chi connectivity index (χ2v) is 7.46. The molecule has 0 unspecified atom stereocenters. The quantitative estimate of drug-likeness (QED) is 0.833. The fraction of sp³-hybridized carbons (Fsp3) is 0.333. The normalized spacial score (nSPS) is 11.5. The molecule has 0 fully saturated rings. The highest BCUT2D eigenvalue weighted by molar-refractivity contribution is 7.89. The fourth-order valence-electron chi connectivity index (χ4n) is 2.38. The molecule has 0 aliphatic rings. The zero-order valence-corrected chi connectivity index (χ0v) is 15.2. The largest absolute Gasteiger partial charge is 0.496 e. The standard InChI is InChI=1S/C18H23NO4S/c1-13(2)14-8-10-15(11-9-14)24(20,21)19-12-16-17(22-3)6-5-7-18(16)23-4/h5-11,13,19H,12H2,1-4H3. The molecule has 1 N–H and O–H groups in total. The molecule has 24 heavy (non-hydrogen) atoms. The first-order valence-corrected chi connectivity index (χ1v) is 9.17. The van der Waals surface area contributed by atoms with Crippen LogP contribution in [0.25, 0.3) is 0 Å². The van der Waals surface area contributed by atoms with Crippen molar-refractivity contribution in [2.45, 2.75) is 31.2 Å². The minimum atomic E-state index is -3.61. The van der Waals surface area contributed by atoms with E-state index in [0.29, 0.717) is 23.0 Å². The summed E-state index contributed by atoms with van der Waals surface area (Å²) in [5, 5.41) is 0. The molecule has 0 aliphatic carbocycles. The molecular formula is C18H23NO4S. The van der Waals surface area contributed by atoms with Crippen molar-refractivity contribution in [1.82, 2.24) is 4.72 Å². The van der Waals surface area contributed by atoms with Crippen molar-refractivity contribution in [2.24, 2.45) is 0 Å². The summed E-state index contributed by atoms with van der Waals surface area (Å²) in [7, 11) is -0.534. The van der Waals surface area contributed by atoms with E-state index in [2.05, 4.69) is 18.6 Å². The second-order valence-electron chi connectivity index (χ2n) is 5.69. The van der Waals surface area contributed by atoms with Crippen LogP contribution in [0.1, 0.15) is 30.9 Å². The average Bonchev–Trinajstić information content (AvgIpc) is 2.59. The van der Waals surface area contributed by atoms with Gasteiger partial charge in [0.15, 0.2) is 0 Å². The number of ether oxygens (including phenoxy) is 2. The van der Waals surface area contributed by atoms with E-state index in [-0.39, 0.29) is 11.4 Å². The number of hydrogen-bond acceptors (Lipinski definition) is 4. The van der Waals surface area contributed by atoms with Crippen molar-refractivity contribution in [3.05, 3.63) is 53.6 Å². The van der Waals surface area contributed by atoms with Crippen molar-refractivity contribution >= 4 is 10.0 Å². The zero-order valence-electron chi connectivity index (χ0n) is 14.4. The van der Waals surface area contributed by atoms with Crippen LogP contribution in [-0.4, -0.2) is 22.6 Å². The minimum Gasteiger partial charge on any atom is -0.496 e. The van der Waals surface area contributed by atoms with Gasteiger partial charge in [0.05, 0.1) is 24.7 Å². The van der Waals surface area contributed by atoms with Gasteiger partial charge in [-0.05, 0) is 35.7 Å². The molecule has 0 atom stereocenters. The summed E-state index contributed by atoms with van der Waals surface area (Å²) in [5.41, 5.74) is 1.75. The predicted octanol–water partition coefficient (Wildman–Crippen LogP) is 3.31. The van der Waals surface area contributed by atoms with Crippen LogP contribution >= 0.6 is 0 Å². The van der Waals surface area contributed by atoms with Gasteiger partial charge >= 0.3 is 0 Å². The first-order valence-electron chi connectivity index (χ1n) is 7.68. The smallest absolute Gasteiger partial charge is 0.240 e. The summed E-state index contributed by atoms with van der Waals surface area (Å²) >= 11 is 0. The Morgan fingerprint density at radius 1 is 0.958 bits per heavy atom.